The van der Waals surface area contributed by atoms with Crippen molar-refractivity contribution < 1.29 is 9.59 Å². The number of rotatable bonds is 8. The predicted molar refractivity (Wildman–Crippen MR) is 128 cm³/mol. The van der Waals surface area contributed by atoms with Crippen molar-refractivity contribution in [3.05, 3.63) is 70.5 Å². The largest absolute Gasteiger partial charge is 0.342 e. The fourth-order valence-electron chi connectivity index (χ4n) is 3.34. The number of benzene rings is 2. The van der Waals surface area contributed by atoms with Gasteiger partial charge in [0.2, 0.25) is 5.91 Å². The van der Waals surface area contributed by atoms with Crippen LogP contribution in [0.25, 0.3) is 0 Å². The second-order valence-corrected chi connectivity index (χ2v) is 8.74. The molecule has 1 atom stereocenters. The van der Waals surface area contributed by atoms with Crippen molar-refractivity contribution in [3.8, 4) is 0 Å². The smallest absolute Gasteiger partial charge is 0.251 e. The SMILES string of the molecule is CCn1c(SCC(=O)Nc2ccc(C)cc2C)nnc1[C@H](C)NC(=O)c1ccc(C)cc1. The number of aromatic nitrogens is 3. The summed E-state index contributed by atoms with van der Waals surface area (Å²) in [5.41, 5.74) is 4.69. The lowest BCUT2D eigenvalue weighted by Gasteiger charge is -2.15. The summed E-state index contributed by atoms with van der Waals surface area (Å²) in [6.45, 7) is 10.5. The van der Waals surface area contributed by atoms with Crippen LogP contribution in [0.15, 0.2) is 47.6 Å². The van der Waals surface area contributed by atoms with Crippen molar-refractivity contribution in [2.24, 2.45) is 0 Å². The van der Waals surface area contributed by atoms with Crippen molar-refractivity contribution >= 4 is 29.3 Å². The van der Waals surface area contributed by atoms with Crippen LogP contribution in [0.5, 0.6) is 0 Å². The van der Waals surface area contributed by atoms with Gasteiger partial charge in [-0.1, -0.05) is 47.2 Å². The molecule has 0 saturated heterocycles. The number of aryl methyl sites for hydroxylation is 3. The van der Waals surface area contributed by atoms with E-state index in [1.54, 1.807) is 12.1 Å². The monoisotopic (exact) mass is 451 g/mol. The molecule has 1 aromatic heterocycles. The lowest BCUT2D eigenvalue weighted by molar-refractivity contribution is -0.113. The van der Waals surface area contributed by atoms with E-state index in [2.05, 4.69) is 20.8 Å². The Labute approximate surface area is 193 Å². The van der Waals surface area contributed by atoms with Crippen LogP contribution in [0.3, 0.4) is 0 Å². The van der Waals surface area contributed by atoms with Crippen molar-refractivity contribution in [2.45, 2.75) is 52.4 Å². The van der Waals surface area contributed by atoms with Gasteiger partial charge in [0.05, 0.1) is 11.8 Å². The predicted octanol–water partition coefficient (Wildman–Crippen LogP) is 4.45. The number of carbonyl (C=O) groups is 2. The summed E-state index contributed by atoms with van der Waals surface area (Å²) in [6.07, 6.45) is 0. The van der Waals surface area contributed by atoms with Crippen molar-refractivity contribution in [3.63, 3.8) is 0 Å². The van der Waals surface area contributed by atoms with E-state index < -0.39 is 0 Å². The molecule has 0 aliphatic heterocycles. The molecular weight excluding hydrogens is 422 g/mol. The van der Waals surface area contributed by atoms with Crippen LogP contribution in [0.2, 0.25) is 0 Å². The zero-order valence-corrected chi connectivity index (χ0v) is 19.9. The van der Waals surface area contributed by atoms with Crippen LogP contribution in [0.4, 0.5) is 5.69 Å². The first-order chi connectivity index (χ1) is 15.3. The van der Waals surface area contributed by atoms with Gasteiger partial charge >= 0.3 is 0 Å². The fraction of sp³-hybridized carbons (Fsp3) is 0.333. The molecule has 0 saturated carbocycles. The first-order valence-electron chi connectivity index (χ1n) is 10.6. The van der Waals surface area contributed by atoms with E-state index in [1.807, 2.05) is 69.5 Å². The quantitative estimate of drug-likeness (QED) is 0.494. The Morgan fingerprint density at radius 2 is 1.72 bits per heavy atom. The highest BCUT2D eigenvalue weighted by atomic mass is 32.2. The van der Waals surface area contributed by atoms with Crippen LogP contribution in [0.1, 0.15) is 52.8 Å². The minimum absolute atomic E-state index is 0.102. The van der Waals surface area contributed by atoms with E-state index in [0.717, 1.165) is 22.4 Å². The number of amides is 2. The molecule has 0 aliphatic carbocycles. The Morgan fingerprint density at radius 1 is 1.03 bits per heavy atom. The highest BCUT2D eigenvalue weighted by molar-refractivity contribution is 7.99. The molecule has 8 heteroatoms. The fourth-order valence-corrected chi connectivity index (χ4v) is 4.15. The van der Waals surface area contributed by atoms with Gasteiger partial charge in [0.25, 0.3) is 5.91 Å². The van der Waals surface area contributed by atoms with E-state index in [4.69, 9.17) is 0 Å². The van der Waals surface area contributed by atoms with Crippen LogP contribution >= 0.6 is 11.8 Å². The summed E-state index contributed by atoms with van der Waals surface area (Å²) in [5.74, 6) is 0.612. The molecule has 1 heterocycles. The maximum atomic E-state index is 12.6. The van der Waals surface area contributed by atoms with Gasteiger partial charge in [-0.3, -0.25) is 9.59 Å². The number of carbonyl (C=O) groups excluding carboxylic acids is 2. The molecule has 0 bridgehead atoms. The number of anilines is 1. The Bertz CT molecular complexity index is 1110. The Morgan fingerprint density at radius 3 is 2.38 bits per heavy atom. The number of nitrogens with one attached hydrogen (secondary N) is 2. The topological polar surface area (TPSA) is 88.9 Å². The maximum absolute atomic E-state index is 12.6. The molecule has 32 heavy (non-hydrogen) atoms. The van der Waals surface area contributed by atoms with E-state index in [1.165, 1.54) is 11.8 Å². The third-order valence-electron chi connectivity index (χ3n) is 5.10. The Kier molecular flexibility index (Phi) is 7.69. The minimum atomic E-state index is -0.324. The molecular formula is C24H29N5O2S. The van der Waals surface area contributed by atoms with Crippen molar-refractivity contribution in [1.82, 2.24) is 20.1 Å². The van der Waals surface area contributed by atoms with E-state index in [0.29, 0.717) is 23.1 Å². The molecule has 2 N–H and O–H groups in total. The van der Waals surface area contributed by atoms with Crippen LogP contribution in [-0.4, -0.2) is 32.3 Å². The van der Waals surface area contributed by atoms with Gasteiger partial charge in [-0.05, 0) is 58.4 Å². The molecule has 3 rings (SSSR count). The minimum Gasteiger partial charge on any atom is -0.342 e. The average Bonchev–Trinajstić information content (AvgIpc) is 3.17. The van der Waals surface area contributed by atoms with E-state index in [9.17, 15) is 9.59 Å². The average molecular weight is 452 g/mol. The number of thioether (sulfide) groups is 1. The summed E-state index contributed by atoms with van der Waals surface area (Å²) < 4.78 is 1.93. The second kappa shape index (κ2) is 10.5. The summed E-state index contributed by atoms with van der Waals surface area (Å²) in [5, 5.41) is 15.1. The normalized spacial score (nSPS) is 11.8. The third-order valence-corrected chi connectivity index (χ3v) is 6.07. The molecule has 0 unspecified atom stereocenters. The van der Waals surface area contributed by atoms with Crippen LogP contribution in [0, 0.1) is 20.8 Å². The first kappa shape index (κ1) is 23.5. The number of hydrogen-bond donors (Lipinski definition) is 2. The van der Waals surface area contributed by atoms with Gasteiger partial charge < -0.3 is 15.2 Å². The lowest BCUT2D eigenvalue weighted by atomic mass is 10.1. The lowest BCUT2D eigenvalue weighted by Crippen LogP contribution is -2.28. The molecule has 0 fully saturated rings. The summed E-state index contributed by atoms with van der Waals surface area (Å²) >= 11 is 1.33. The first-order valence-corrected chi connectivity index (χ1v) is 11.6. The standard InChI is InChI=1S/C24H29N5O2S/c1-6-29-22(18(5)25-23(31)19-10-7-15(2)8-11-19)27-28-24(29)32-14-21(30)26-20-12-9-16(3)13-17(20)4/h7-13,18H,6,14H2,1-5H3,(H,25,31)(H,26,30)/t18-/m0/s1. The third kappa shape index (κ3) is 5.76. The molecule has 3 aromatic rings. The molecule has 0 aliphatic rings. The molecule has 0 radical (unpaired) electrons. The summed E-state index contributed by atoms with van der Waals surface area (Å²) in [6, 6.07) is 13.0. The molecule has 2 amide bonds. The highest BCUT2D eigenvalue weighted by Gasteiger charge is 2.20. The van der Waals surface area contributed by atoms with E-state index in [-0.39, 0.29) is 23.6 Å². The van der Waals surface area contributed by atoms with Crippen LogP contribution < -0.4 is 10.6 Å². The van der Waals surface area contributed by atoms with Gasteiger partial charge in [-0.15, -0.1) is 10.2 Å². The van der Waals surface area contributed by atoms with Gasteiger partial charge in [0.15, 0.2) is 11.0 Å². The van der Waals surface area contributed by atoms with Gasteiger partial charge in [0.1, 0.15) is 0 Å². The van der Waals surface area contributed by atoms with Gasteiger partial charge in [-0.25, -0.2) is 0 Å². The zero-order chi connectivity index (χ0) is 23.3. The van der Waals surface area contributed by atoms with Gasteiger partial charge in [0, 0.05) is 17.8 Å². The molecule has 2 aromatic carbocycles. The summed E-state index contributed by atoms with van der Waals surface area (Å²) in [7, 11) is 0. The molecule has 0 spiro atoms. The number of nitrogens with zero attached hydrogens (tertiary/aromatic N) is 3. The Hall–Kier alpha value is -3.13. The van der Waals surface area contributed by atoms with Crippen LogP contribution in [-0.2, 0) is 11.3 Å². The number of hydrogen-bond acceptors (Lipinski definition) is 5. The highest BCUT2D eigenvalue weighted by Crippen LogP contribution is 2.22. The summed E-state index contributed by atoms with van der Waals surface area (Å²) in [4.78, 5) is 25.0. The van der Waals surface area contributed by atoms with Crippen molar-refractivity contribution in [2.75, 3.05) is 11.1 Å². The van der Waals surface area contributed by atoms with Gasteiger partial charge in [-0.2, -0.15) is 0 Å². The zero-order valence-electron chi connectivity index (χ0n) is 19.1. The maximum Gasteiger partial charge on any atom is 0.251 e. The van der Waals surface area contributed by atoms with Crippen molar-refractivity contribution in [1.29, 1.82) is 0 Å². The molecule has 7 nitrogen and oxygen atoms in total. The Balaban J connectivity index is 1.62. The second-order valence-electron chi connectivity index (χ2n) is 7.80. The van der Waals surface area contributed by atoms with E-state index >= 15 is 0 Å². The molecule has 168 valence electrons.